The van der Waals surface area contributed by atoms with Gasteiger partial charge in [-0.3, -0.25) is 14.8 Å². The fraction of sp³-hybridized carbons (Fsp3) is 0.300. The van der Waals surface area contributed by atoms with Crippen molar-refractivity contribution in [2.45, 2.75) is 25.7 Å². The maximum Gasteiger partial charge on any atom is 0.274 e. The third-order valence-electron chi connectivity index (χ3n) is 5.52. The van der Waals surface area contributed by atoms with E-state index in [4.69, 9.17) is 5.21 Å². The van der Waals surface area contributed by atoms with E-state index in [1.165, 1.54) is 12.1 Å². The number of anilines is 1. The first-order chi connectivity index (χ1) is 12.5. The SMILES string of the molecule is O=C(NO)c1ccc2c(c1)CCC1(CC(=O)N(c3ccc(F)cc3)C1)C2. The van der Waals surface area contributed by atoms with E-state index in [0.29, 0.717) is 18.5 Å². The molecule has 2 aromatic rings. The zero-order chi connectivity index (χ0) is 18.3. The Bertz CT molecular complexity index is 881. The van der Waals surface area contributed by atoms with E-state index in [2.05, 4.69) is 0 Å². The minimum Gasteiger partial charge on any atom is -0.312 e. The van der Waals surface area contributed by atoms with Gasteiger partial charge in [0.2, 0.25) is 5.91 Å². The average molecular weight is 354 g/mol. The fourth-order valence-electron chi connectivity index (χ4n) is 4.17. The summed E-state index contributed by atoms with van der Waals surface area (Å²) in [7, 11) is 0. The van der Waals surface area contributed by atoms with Gasteiger partial charge < -0.3 is 4.90 Å². The topological polar surface area (TPSA) is 69.6 Å². The molecule has 6 heteroatoms. The van der Waals surface area contributed by atoms with Crippen LogP contribution in [0.25, 0.3) is 0 Å². The van der Waals surface area contributed by atoms with Gasteiger partial charge in [-0.15, -0.1) is 0 Å². The molecule has 1 unspecified atom stereocenters. The van der Waals surface area contributed by atoms with E-state index in [0.717, 1.165) is 36.1 Å². The van der Waals surface area contributed by atoms with E-state index in [9.17, 15) is 14.0 Å². The summed E-state index contributed by atoms with van der Waals surface area (Å²) in [4.78, 5) is 25.9. The molecule has 1 aliphatic heterocycles. The molecule has 1 spiro atoms. The highest BCUT2D eigenvalue weighted by Crippen LogP contribution is 2.44. The summed E-state index contributed by atoms with van der Waals surface area (Å²) in [5, 5.41) is 8.78. The van der Waals surface area contributed by atoms with Crippen molar-refractivity contribution in [1.82, 2.24) is 5.48 Å². The van der Waals surface area contributed by atoms with Crippen molar-refractivity contribution in [2.75, 3.05) is 11.4 Å². The highest BCUT2D eigenvalue weighted by Gasteiger charge is 2.45. The van der Waals surface area contributed by atoms with Crippen LogP contribution in [0, 0.1) is 11.2 Å². The Morgan fingerprint density at radius 2 is 1.88 bits per heavy atom. The lowest BCUT2D eigenvalue weighted by Gasteiger charge is -2.34. The predicted molar refractivity (Wildman–Crippen MR) is 93.5 cm³/mol. The molecule has 4 rings (SSSR count). The summed E-state index contributed by atoms with van der Waals surface area (Å²) >= 11 is 0. The lowest BCUT2D eigenvalue weighted by molar-refractivity contribution is -0.117. The van der Waals surface area contributed by atoms with Crippen LogP contribution in [0.2, 0.25) is 0 Å². The zero-order valence-electron chi connectivity index (χ0n) is 14.2. The van der Waals surface area contributed by atoms with E-state index in [-0.39, 0.29) is 17.1 Å². The molecule has 0 aromatic heterocycles. The van der Waals surface area contributed by atoms with Gasteiger partial charge >= 0.3 is 0 Å². The zero-order valence-corrected chi connectivity index (χ0v) is 14.2. The highest BCUT2D eigenvalue weighted by atomic mass is 19.1. The number of benzene rings is 2. The Morgan fingerprint density at radius 1 is 1.12 bits per heavy atom. The van der Waals surface area contributed by atoms with Gasteiger partial charge in [0, 0.05) is 29.6 Å². The van der Waals surface area contributed by atoms with Crippen LogP contribution in [0.1, 0.15) is 34.3 Å². The minimum atomic E-state index is -0.522. The third-order valence-corrected chi connectivity index (χ3v) is 5.52. The molecule has 2 aromatic carbocycles. The number of carbonyl (C=O) groups excluding carboxylic acids is 2. The smallest absolute Gasteiger partial charge is 0.274 e. The average Bonchev–Trinajstić information content (AvgIpc) is 2.97. The second kappa shape index (κ2) is 6.21. The van der Waals surface area contributed by atoms with Crippen molar-refractivity contribution in [3.63, 3.8) is 0 Å². The molecular weight excluding hydrogens is 335 g/mol. The van der Waals surface area contributed by atoms with Gasteiger partial charge in [0.05, 0.1) is 0 Å². The maximum atomic E-state index is 13.2. The highest BCUT2D eigenvalue weighted by molar-refractivity contribution is 5.96. The third kappa shape index (κ3) is 2.86. The molecule has 1 atom stereocenters. The summed E-state index contributed by atoms with van der Waals surface area (Å²) < 4.78 is 13.2. The Morgan fingerprint density at radius 3 is 2.62 bits per heavy atom. The predicted octanol–water partition coefficient (Wildman–Crippen LogP) is 2.86. The monoisotopic (exact) mass is 354 g/mol. The van der Waals surface area contributed by atoms with Gasteiger partial charge in [-0.1, -0.05) is 6.07 Å². The lowest BCUT2D eigenvalue weighted by Crippen LogP contribution is -2.33. The number of fused-ring (bicyclic) bond motifs is 1. The Labute approximate surface area is 150 Å². The first-order valence-corrected chi connectivity index (χ1v) is 8.62. The van der Waals surface area contributed by atoms with E-state index in [1.54, 1.807) is 28.6 Å². The lowest BCUT2D eigenvalue weighted by atomic mass is 9.70. The minimum absolute atomic E-state index is 0.0661. The number of hydrogen-bond acceptors (Lipinski definition) is 3. The Balaban J connectivity index is 1.57. The number of aryl methyl sites for hydroxylation is 1. The molecule has 134 valence electrons. The molecule has 1 fully saturated rings. The van der Waals surface area contributed by atoms with Crippen LogP contribution in [-0.4, -0.2) is 23.6 Å². The number of nitrogens with zero attached hydrogens (tertiary/aromatic N) is 1. The van der Waals surface area contributed by atoms with Crippen molar-refractivity contribution < 1.29 is 19.2 Å². The fourth-order valence-corrected chi connectivity index (χ4v) is 4.17. The van der Waals surface area contributed by atoms with Gasteiger partial charge in [0.1, 0.15) is 5.82 Å². The normalized spacial score (nSPS) is 21.8. The van der Waals surface area contributed by atoms with Gasteiger partial charge in [-0.05, 0) is 66.8 Å². The molecule has 1 heterocycles. The van der Waals surface area contributed by atoms with Crippen LogP contribution in [0.15, 0.2) is 42.5 Å². The Kier molecular flexibility index (Phi) is 4.00. The molecule has 0 bridgehead atoms. The summed E-state index contributed by atoms with van der Waals surface area (Å²) in [6.07, 6.45) is 2.88. The molecule has 2 aliphatic rings. The summed E-state index contributed by atoms with van der Waals surface area (Å²) in [6, 6.07) is 11.4. The molecule has 1 aliphatic carbocycles. The van der Waals surface area contributed by atoms with Crippen molar-refractivity contribution in [2.24, 2.45) is 5.41 Å². The summed E-state index contributed by atoms with van der Waals surface area (Å²) in [5.41, 5.74) is 4.91. The molecule has 2 N–H and O–H groups in total. The van der Waals surface area contributed by atoms with Crippen molar-refractivity contribution in [3.8, 4) is 0 Å². The summed E-state index contributed by atoms with van der Waals surface area (Å²) in [5.74, 6) is -0.771. The van der Waals surface area contributed by atoms with Gasteiger partial charge in [-0.25, -0.2) is 9.87 Å². The molecule has 0 saturated carbocycles. The molecule has 2 amide bonds. The number of halogens is 1. The maximum absolute atomic E-state index is 13.2. The Hall–Kier alpha value is -2.73. The second-order valence-corrected chi connectivity index (χ2v) is 7.23. The van der Waals surface area contributed by atoms with Gasteiger partial charge in [0.15, 0.2) is 0 Å². The van der Waals surface area contributed by atoms with Crippen molar-refractivity contribution >= 4 is 17.5 Å². The number of nitrogens with one attached hydrogen (secondary N) is 1. The quantitative estimate of drug-likeness (QED) is 0.644. The van der Waals surface area contributed by atoms with E-state index < -0.39 is 5.91 Å². The first-order valence-electron chi connectivity index (χ1n) is 8.62. The summed E-state index contributed by atoms with van der Waals surface area (Å²) in [6.45, 7) is 0.621. The number of carbonyl (C=O) groups is 2. The molecule has 0 radical (unpaired) electrons. The van der Waals surface area contributed by atoms with Crippen LogP contribution >= 0.6 is 0 Å². The first kappa shape index (κ1) is 16.7. The molecule has 1 saturated heterocycles. The van der Waals surface area contributed by atoms with Crippen LogP contribution in [0.4, 0.5) is 10.1 Å². The standard InChI is InChI=1S/C20H19FN2O3/c21-16-3-5-17(6-4-16)23-12-20(11-18(23)24)8-7-13-9-14(19(25)22-26)1-2-15(13)10-20/h1-6,9,26H,7-8,10-12H2,(H,22,25). The van der Waals surface area contributed by atoms with Crippen LogP contribution < -0.4 is 10.4 Å². The molecule has 26 heavy (non-hydrogen) atoms. The number of rotatable bonds is 2. The van der Waals surface area contributed by atoms with Crippen LogP contribution in [0.5, 0.6) is 0 Å². The molecular formula is C20H19FN2O3. The van der Waals surface area contributed by atoms with Crippen LogP contribution in [-0.2, 0) is 17.6 Å². The van der Waals surface area contributed by atoms with Crippen molar-refractivity contribution in [3.05, 3.63) is 65.0 Å². The van der Waals surface area contributed by atoms with Crippen molar-refractivity contribution in [1.29, 1.82) is 0 Å². The van der Waals surface area contributed by atoms with E-state index >= 15 is 0 Å². The largest absolute Gasteiger partial charge is 0.312 e. The van der Waals surface area contributed by atoms with Crippen LogP contribution in [0.3, 0.4) is 0 Å². The number of hydroxylamine groups is 1. The number of hydrogen-bond donors (Lipinski definition) is 2. The van der Waals surface area contributed by atoms with Gasteiger partial charge in [-0.2, -0.15) is 0 Å². The van der Waals surface area contributed by atoms with E-state index in [1.807, 2.05) is 12.1 Å². The second-order valence-electron chi connectivity index (χ2n) is 7.23. The molecule has 5 nitrogen and oxygen atoms in total. The van der Waals surface area contributed by atoms with Gasteiger partial charge in [0.25, 0.3) is 5.91 Å². The number of amides is 2.